The highest BCUT2D eigenvalue weighted by Crippen LogP contribution is 2.31. The molecule has 0 radical (unpaired) electrons. The number of likely N-dealkylation sites (N-methyl/N-ethyl adjacent to an activating group) is 1. The van der Waals surface area contributed by atoms with Gasteiger partial charge in [-0.15, -0.1) is 12.4 Å². The minimum absolute atomic E-state index is 0. The molecule has 0 atom stereocenters. The third-order valence-electron chi connectivity index (χ3n) is 2.38. The molecule has 0 unspecified atom stereocenters. The Kier molecular flexibility index (Phi) is 8.86. The lowest BCUT2D eigenvalue weighted by Crippen LogP contribution is -2.30. The molecule has 0 aromatic heterocycles. The van der Waals surface area contributed by atoms with Crippen LogP contribution in [0.1, 0.15) is 10.4 Å². The van der Waals surface area contributed by atoms with Gasteiger partial charge in [-0.05, 0) is 41.8 Å². The number of halogens is 2. The van der Waals surface area contributed by atoms with Gasteiger partial charge in [-0.25, -0.2) is 0 Å². The van der Waals surface area contributed by atoms with E-state index in [0.29, 0.717) is 23.6 Å². The molecule has 5 nitrogen and oxygen atoms in total. The van der Waals surface area contributed by atoms with E-state index in [9.17, 15) is 4.79 Å². The lowest BCUT2D eigenvalue weighted by atomic mass is 10.2. The molecule has 0 heterocycles. The Balaban J connectivity index is 0.00000324. The Morgan fingerprint density at radius 1 is 1.21 bits per heavy atom. The molecule has 0 aliphatic carbocycles. The molecular formula is C12H18ClIN2O3. The lowest BCUT2D eigenvalue weighted by molar-refractivity contribution is 0.0953. The number of benzene rings is 1. The minimum atomic E-state index is -0.115. The standard InChI is InChI=1S/C12H17IN2O3.ClH/c1-14-4-5-15-12(16)8-6-10(17-2)11(18-3)7-9(8)13;/h6-7,14H,4-5H2,1-3H3,(H,15,16);1H. The Morgan fingerprint density at radius 3 is 2.32 bits per heavy atom. The van der Waals surface area contributed by atoms with E-state index in [4.69, 9.17) is 9.47 Å². The molecule has 1 rings (SSSR count). The fourth-order valence-corrected chi connectivity index (χ4v) is 2.11. The molecule has 7 heteroatoms. The first kappa shape index (κ1) is 18.3. The largest absolute Gasteiger partial charge is 0.493 e. The van der Waals surface area contributed by atoms with Crippen LogP contribution in [0.25, 0.3) is 0 Å². The second kappa shape index (κ2) is 9.22. The quantitative estimate of drug-likeness (QED) is 0.563. The zero-order valence-corrected chi connectivity index (χ0v) is 14.1. The third kappa shape index (κ3) is 5.04. The van der Waals surface area contributed by atoms with Gasteiger partial charge in [-0.1, -0.05) is 0 Å². The molecule has 0 saturated carbocycles. The van der Waals surface area contributed by atoms with E-state index >= 15 is 0 Å². The van der Waals surface area contributed by atoms with Crippen molar-refractivity contribution < 1.29 is 14.3 Å². The van der Waals surface area contributed by atoms with E-state index < -0.39 is 0 Å². The molecule has 0 aliphatic rings. The number of carbonyl (C=O) groups excluding carboxylic acids is 1. The summed E-state index contributed by atoms with van der Waals surface area (Å²) in [5.74, 6) is 1.06. The van der Waals surface area contributed by atoms with Crippen molar-refractivity contribution in [2.45, 2.75) is 0 Å². The predicted molar refractivity (Wildman–Crippen MR) is 85.8 cm³/mol. The zero-order chi connectivity index (χ0) is 13.5. The van der Waals surface area contributed by atoms with Crippen molar-refractivity contribution in [2.24, 2.45) is 0 Å². The van der Waals surface area contributed by atoms with Crippen LogP contribution in [-0.4, -0.2) is 40.3 Å². The van der Waals surface area contributed by atoms with Gasteiger partial charge in [0, 0.05) is 16.7 Å². The van der Waals surface area contributed by atoms with E-state index in [1.165, 1.54) is 0 Å². The predicted octanol–water partition coefficient (Wildman–Crippen LogP) is 1.68. The van der Waals surface area contributed by atoms with Crippen molar-refractivity contribution >= 4 is 40.9 Å². The van der Waals surface area contributed by atoms with E-state index in [1.54, 1.807) is 26.4 Å². The van der Waals surface area contributed by atoms with Crippen LogP contribution in [0.15, 0.2) is 12.1 Å². The molecular weight excluding hydrogens is 382 g/mol. The van der Waals surface area contributed by atoms with Crippen molar-refractivity contribution in [1.82, 2.24) is 10.6 Å². The molecule has 0 bridgehead atoms. The van der Waals surface area contributed by atoms with Crippen LogP contribution in [0.4, 0.5) is 0 Å². The number of amides is 1. The number of hydrogen-bond donors (Lipinski definition) is 2. The van der Waals surface area contributed by atoms with Crippen LogP contribution >= 0.6 is 35.0 Å². The summed E-state index contributed by atoms with van der Waals surface area (Å²) >= 11 is 2.11. The third-order valence-corrected chi connectivity index (χ3v) is 3.27. The second-order valence-corrected chi connectivity index (χ2v) is 4.71. The first-order valence-electron chi connectivity index (χ1n) is 5.48. The van der Waals surface area contributed by atoms with Crippen molar-refractivity contribution in [1.29, 1.82) is 0 Å². The van der Waals surface area contributed by atoms with Gasteiger partial charge < -0.3 is 20.1 Å². The first-order chi connectivity index (χ1) is 8.63. The Morgan fingerprint density at radius 2 is 1.79 bits per heavy atom. The molecule has 0 fully saturated rings. The van der Waals surface area contributed by atoms with Crippen molar-refractivity contribution in [3.63, 3.8) is 0 Å². The average molecular weight is 401 g/mol. The van der Waals surface area contributed by atoms with Crippen LogP contribution in [0.5, 0.6) is 11.5 Å². The van der Waals surface area contributed by atoms with Gasteiger partial charge in [0.15, 0.2) is 11.5 Å². The van der Waals surface area contributed by atoms with Gasteiger partial charge in [0.25, 0.3) is 5.91 Å². The van der Waals surface area contributed by atoms with Gasteiger partial charge in [-0.2, -0.15) is 0 Å². The summed E-state index contributed by atoms with van der Waals surface area (Å²) in [4.78, 5) is 12.0. The van der Waals surface area contributed by atoms with Gasteiger partial charge in [0.2, 0.25) is 0 Å². The Bertz CT molecular complexity index is 430. The normalized spacial score (nSPS) is 9.47. The Hall–Kier alpha value is -0.730. The molecule has 108 valence electrons. The highest BCUT2D eigenvalue weighted by Gasteiger charge is 2.14. The highest BCUT2D eigenvalue weighted by molar-refractivity contribution is 14.1. The molecule has 0 saturated heterocycles. The van der Waals surface area contributed by atoms with Gasteiger partial charge in [-0.3, -0.25) is 4.79 Å². The zero-order valence-electron chi connectivity index (χ0n) is 11.1. The molecule has 2 N–H and O–H groups in total. The molecule has 0 aliphatic heterocycles. The van der Waals surface area contributed by atoms with Crippen molar-refractivity contribution in [2.75, 3.05) is 34.4 Å². The average Bonchev–Trinajstić information content (AvgIpc) is 2.38. The van der Waals surface area contributed by atoms with E-state index in [2.05, 4.69) is 33.2 Å². The van der Waals surface area contributed by atoms with Gasteiger partial charge in [0.1, 0.15) is 0 Å². The first-order valence-corrected chi connectivity index (χ1v) is 6.56. The van der Waals surface area contributed by atoms with E-state index in [0.717, 1.165) is 10.1 Å². The monoisotopic (exact) mass is 400 g/mol. The number of nitrogens with one attached hydrogen (secondary N) is 2. The van der Waals surface area contributed by atoms with Crippen LogP contribution in [0, 0.1) is 3.57 Å². The summed E-state index contributed by atoms with van der Waals surface area (Å²) < 4.78 is 11.2. The number of rotatable bonds is 6. The molecule has 1 amide bonds. The molecule has 1 aromatic rings. The fourth-order valence-electron chi connectivity index (χ4n) is 1.42. The second-order valence-electron chi connectivity index (χ2n) is 3.55. The van der Waals surface area contributed by atoms with Crippen molar-refractivity contribution in [3.8, 4) is 11.5 Å². The van der Waals surface area contributed by atoms with Crippen LogP contribution in [0.3, 0.4) is 0 Å². The van der Waals surface area contributed by atoms with E-state index in [1.807, 2.05) is 7.05 Å². The van der Waals surface area contributed by atoms with Crippen LogP contribution in [-0.2, 0) is 0 Å². The number of hydrogen-bond acceptors (Lipinski definition) is 4. The maximum atomic E-state index is 12.0. The summed E-state index contributed by atoms with van der Waals surface area (Å²) in [6.45, 7) is 1.31. The van der Waals surface area contributed by atoms with Gasteiger partial charge in [0.05, 0.1) is 19.8 Å². The Labute approximate surface area is 133 Å². The maximum absolute atomic E-state index is 12.0. The summed E-state index contributed by atoms with van der Waals surface area (Å²) in [5, 5.41) is 5.80. The molecule has 0 spiro atoms. The minimum Gasteiger partial charge on any atom is -0.493 e. The van der Waals surface area contributed by atoms with Crippen LogP contribution in [0.2, 0.25) is 0 Å². The van der Waals surface area contributed by atoms with Gasteiger partial charge >= 0.3 is 0 Å². The topological polar surface area (TPSA) is 59.6 Å². The molecule has 1 aromatic carbocycles. The SMILES string of the molecule is CNCCNC(=O)c1cc(OC)c(OC)cc1I.Cl. The van der Waals surface area contributed by atoms with Crippen LogP contribution < -0.4 is 20.1 Å². The maximum Gasteiger partial charge on any atom is 0.252 e. The molecule has 19 heavy (non-hydrogen) atoms. The number of carbonyl (C=O) groups is 1. The van der Waals surface area contributed by atoms with E-state index in [-0.39, 0.29) is 18.3 Å². The summed E-state index contributed by atoms with van der Waals surface area (Å²) in [6.07, 6.45) is 0. The lowest BCUT2D eigenvalue weighted by Gasteiger charge is -2.12. The summed E-state index contributed by atoms with van der Waals surface area (Å²) in [5.41, 5.74) is 0.587. The highest BCUT2D eigenvalue weighted by atomic mass is 127. The van der Waals surface area contributed by atoms with Crippen molar-refractivity contribution in [3.05, 3.63) is 21.3 Å². The smallest absolute Gasteiger partial charge is 0.252 e. The summed E-state index contributed by atoms with van der Waals surface area (Å²) in [6, 6.07) is 3.47. The summed E-state index contributed by atoms with van der Waals surface area (Å²) in [7, 11) is 4.96. The number of ether oxygens (including phenoxy) is 2. The number of methoxy groups -OCH3 is 2. The fraction of sp³-hybridized carbons (Fsp3) is 0.417.